The summed E-state index contributed by atoms with van der Waals surface area (Å²) in [6.45, 7) is 6.31. The summed E-state index contributed by atoms with van der Waals surface area (Å²) in [5.74, 6) is -0.848. The molecular weight excluding hydrogens is 351 g/mol. The van der Waals surface area contributed by atoms with Crippen LogP contribution in [0.4, 0.5) is 13.2 Å². The molecule has 0 bridgehead atoms. The number of esters is 1. The van der Waals surface area contributed by atoms with Crippen LogP contribution in [0, 0.1) is 12.3 Å². The molecule has 0 aromatic carbocycles. The first-order valence-electron chi connectivity index (χ1n) is 7.70. The summed E-state index contributed by atoms with van der Waals surface area (Å²) in [5.41, 5.74) is -1.07. The van der Waals surface area contributed by atoms with Crippen molar-refractivity contribution in [3.8, 4) is 5.82 Å². The van der Waals surface area contributed by atoms with Gasteiger partial charge in [0.2, 0.25) is 0 Å². The third kappa shape index (κ3) is 4.27. The van der Waals surface area contributed by atoms with Crippen molar-refractivity contribution in [3.63, 3.8) is 0 Å². The quantitative estimate of drug-likeness (QED) is 0.773. The molecule has 0 fully saturated rings. The molecule has 0 N–H and O–H groups in total. The van der Waals surface area contributed by atoms with Crippen LogP contribution in [0.5, 0.6) is 0 Å². The Balaban J connectivity index is 2.17. The molecule has 2 aromatic rings. The smallest absolute Gasteiger partial charge is 0.417 e. The van der Waals surface area contributed by atoms with Gasteiger partial charge in [0.25, 0.3) is 0 Å². The van der Waals surface area contributed by atoms with Crippen molar-refractivity contribution < 1.29 is 27.5 Å². The lowest BCUT2D eigenvalue weighted by Crippen LogP contribution is -2.26. The van der Waals surface area contributed by atoms with E-state index in [4.69, 9.17) is 4.74 Å². The van der Waals surface area contributed by atoms with E-state index in [2.05, 4.69) is 10.1 Å². The van der Waals surface area contributed by atoms with Gasteiger partial charge in [0.05, 0.1) is 17.5 Å². The number of rotatable bonds is 4. The Labute approximate surface area is 148 Å². The van der Waals surface area contributed by atoms with Gasteiger partial charge in [-0.25, -0.2) is 14.5 Å². The summed E-state index contributed by atoms with van der Waals surface area (Å²) in [4.78, 5) is 27.7. The van der Waals surface area contributed by atoms with E-state index in [1.165, 1.54) is 10.9 Å². The van der Waals surface area contributed by atoms with Crippen LogP contribution in [0.15, 0.2) is 24.5 Å². The van der Waals surface area contributed by atoms with Crippen molar-refractivity contribution >= 4 is 11.8 Å². The van der Waals surface area contributed by atoms with E-state index in [-0.39, 0.29) is 23.8 Å². The zero-order valence-electron chi connectivity index (χ0n) is 14.7. The molecule has 0 saturated carbocycles. The zero-order valence-corrected chi connectivity index (χ0v) is 14.7. The SMILES string of the molecule is Cc1c(C(=O)OCC(=O)C(C)(C)C)cnn1-c1ccc(C(F)(F)F)cn1. The van der Waals surface area contributed by atoms with Gasteiger partial charge >= 0.3 is 12.1 Å². The average molecular weight is 369 g/mol. The summed E-state index contributed by atoms with van der Waals surface area (Å²) < 4.78 is 44.0. The van der Waals surface area contributed by atoms with Gasteiger partial charge in [-0.3, -0.25) is 4.79 Å². The summed E-state index contributed by atoms with van der Waals surface area (Å²) in [6.07, 6.45) is -2.58. The largest absolute Gasteiger partial charge is 0.454 e. The maximum absolute atomic E-state index is 12.6. The molecule has 6 nitrogen and oxygen atoms in total. The maximum Gasteiger partial charge on any atom is 0.417 e. The standard InChI is InChI=1S/C17H18F3N3O3/c1-10-12(15(25)26-9-13(24)16(2,3)4)8-22-23(10)14-6-5-11(7-21-14)17(18,19)20/h5-8H,9H2,1-4H3. The Morgan fingerprint density at radius 3 is 2.31 bits per heavy atom. The van der Waals surface area contributed by atoms with E-state index in [1.54, 1.807) is 27.7 Å². The fourth-order valence-electron chi connectivity index (χ4n) is 1.95. The highest BCUT2D eigenvalue weighted by atomic mass is 19.4. The van der Waals surface area contributed by atoms with E-state index >= 15 is 0 Å². The van der Waals surface area contributed by atoms with E-state index in [0.717, 1.165) is 12.1 Å². The van der Waals surface area contributed by atoms with Gasteiger partial charge in [0, 0.05) is 11.6 Å². The van der Waals surface area contributed by atoms with E-state index in [1.807, 2.05) is 0 Å². The average Bonchev–Trinajstić information content (AvgIpc) is 2.92. The maximum atomic E-state index is 12.6. The first-order valence-corrected chi connectivity index (χ1v) is 7.70. The van der Waals surface area contributed by atoms with Crippen LogP contribution in [-0.4, -0.2) is 33.1 Å². The molecule has 0 radical (unpaired) electrons. The molecule has 0 aliphatic rings. The third-order valence-corrected chi connectivity index (χ3v) is 3.69. The van der Waals surface area contributed by atoms with E-state index in [9.17, 15) is 22.8 Å². The number of carbonyl (C=O) groups is 2. The number of alkyl halides is 3. The van der Waals surface area contributed by atoms with Crippen LogP contribution < -0.4 is 0 Å². The summed E-state index contributed by atoms with van der Waals surface area (Å²) in [5, 5.41) is 3.96. The fraction of sp³-hybridized carbons (Fsp3) is 0.412. The second kappa shape index (κ2) is 6.89. The number of aromatic nitrogens is 3. The van der Waals surface area contributed by atoms with Crippen LogP contribution in [0.2, 0.25) is 0 Å². The molecule has 2 aromatic heterocycles. The molecule has 140 valence electrons. The first kappa shape index (κ1) is 19.6. The van der Waals surface area contributed by atoms with Crippen LogP contribution in [0.1, 0.15) is 42.4 Å². The second-order valence-corrected chi connectivity index (χ2v) is 6.71. The minimum atomic E-state index is -4.49. The van der Waals surface area contributed by atoms with Gasteiger partial charge < -0.3 is 4.74 Å². The lowest BCUT2D eigenvalue weighted by atomic mass is 9.91. The van der Waals surface area contributed by atoms with Crippen molar-refractivity contribution in [3.05, 3.63) is 41.3 Å². The number of carbonyl (C=O) groups excluding carboxylic acids is 2. The summed E-state index contributed by atoms with van der Waals surface area (Å²) in [6, 6.07) is 2.03. The topological polar surface area (TPSA) is 74.1 Å². The van der Waals surface area contributed by atoms with Gasteiger partial charge in [-0.1, -0.05) is 20.8 Å². The highest BCUT2D eigenvalue weighted by Crippen LogP contribution is 2.28. The first-order chi connectivity index (χ1) is 11.9. The molecule has 0 unspecified atom stereocenters. The van der Waals surface area contributed by atoms with Crippen molar-refractivity contribution in [2.45, 2.75) is 33.9 Å². The molecular formula is C17H18F3N3O3. The fourth-order valence-corrected chi connectivity index (χ4v) is 1.95. The normalized spacial score (nSPS) is 12.1. The third-order valence-electron chi connectivity index (χ3n) is 3.69. The Bertz CT molecular complexity index is 819. The molecule has 2 rings (SSSR count). The monoisotopic (exact) mass is 369 g/mol. The predicted octanol–water partition coefficient (Wildman–Crippen LogP) is 3.37. The molecule has 0 amide bonds. The van der Waals surface area contributed by atoms with Gasteiger partial charge in [0.15, 0.2) is 18.2 Å². The molecule has 0 spiro atoms. The number of halogens is 3. The lowest BCUT2D eigenvalue weighted by molar-refractivity contribution is -0.137. The van der Waals surface area contributed by atoms with Crippen LogP contribution in [-0.2, 0) is 15.7 Å². The summed E-state index contributed by atoms with van der Waals surface area (Å²) >= 11 is 0. The number of Topliss-reactive ketones (excluding diaryl/α,β-unsaturated/α-hetero) is 1. The predicted molar refractivity (Wildman–Crippen MR) is 85.8 cm³/mol. The lowest BCUT2D eigenvalue weighted by Gasteiger charge is -2.16. The molecule has 9 heteroatoms. The Kier molecular flexibility index (Phi) is 5.20. The molecule has 0 atom stereocenters. The molecule has 26 heavy (non-hydrogen) atoms. The number of pyridine rings is 1. The number of hydrogen-bond donors (Lipinski definition) is 0. The molecule has 2 heterocycles. The zero-order chi connectivity index (χ0) is 19.7. The van der Waals surface area contributed by atoms with E-state index in [0.29, 0.717) is 11.9 Å². The van der Waals surface area contributed by atoms with Crippen molar-refractivity contribution in [1.29, 1.82) is 0 Å². The highest BCUT2D eigenvalue weighted by molar-refractivity contribution is 5.93. The second-order valence-electron chi connectivity index (χ2n) is 6.71. The van der Waals surface area contributed by atoms with E-state index < -0.39 is 23.1 Å². The minimum Gasteiger partial charge on any atom is -0.454 e. The van der Waals surface area contributed by atoms with Crippen molar-refractivity contribution in [2.24, 2.45) is 5.41 Å². The highest BCUT2D eigenvalue weighted by Gasteiger charge is 2.31. The Hall–Kier alpha value is -2.71. The Morgan fingerprint density at radius 2 is 1.81 bits per heavy atom. The van der Waals surface area contributed by atoms with Crippen LogP contribution >= 0.6 is 0 Å². The molecule has 0 aliphatic carbocycles. The number of nitrogens with zero attached hydrogens (tertiary/aromatic N) is 3. The van der Waals surface area contributed by atoms with Gasteiger partial charge in [-0.05, 0) is 19.1 Å². The van der Waals surface area contributed by atoms with Crippen LogP contribution in [0.25, 0.3) is 5.82 Å². The number of hydrogen-bond acceptors (Lipinski definition) is 5. The molecule has 0 aliphatic heterocycles. The van der Waals surface area contributed by atoms with Crippen molar-refractivity contribution in [1.82, 2.24) is 14.8 Å². The number of ketones is 1. The van der Waals surface area contributed by atoms with Crippen LogP contribution in [0.3, 0.4) is 0 Å². The number of ether oxygens (including phenoxy) is 1. The van der Waals surface area contributed by atoms with Crippen molar-refractivity contribution in [2.75, 3.05) is 6.61 Å². The van der Waals surface area contributed by atoms with Gasteiger partial charge in [0.1, 0.15) is 5.56 Å². The summed E-state index contributed by atoms with van der Waals surface area (Å²) in [7, 11) is 0. The Morgan fingerprint density at radius 1 is 1.15 bits per heavy atom. The minimum absolute atomic E-state index is 0.105. The van der Waals surface area contributed by atoms with Gasteiger partial charge in [-0.2, -0.15) is 18.3 Å². The van der Waals surface area contributed by atoms with Gasteiger partial charge in [-0.15, -0.1) is 0 Å². The molecule has 0 saturated heterocycles.